The van der Waals surface area contributed by atoms with Crippen molar-refractivity contribution in [2.75, 3.05) is 19.0 Å². The number of imidazole rings is 1. The zero-order valence-corrected chi connectivity index (χ0v) is 17.9. The van der Waals surface area contributed by atoms with Gasteiger partial charge in [-0.3, -0.25) is 4.57 Å². The second-order valence-corrected chi connectivity index (χ2v) is 8.24. The molecule has 28 heavy (non-hydrogen) atoms. The number of hydrogen-bond acceptors (Lipinski definition) is 4. The molecule has 7 heteroatoms. The number of aromatic nitrogens is 2. The molecule has 1 heterocycles. The number of anilines is 1. The van der Waals surface area contributed by atoms with Crippen LogP contribution in [0.1, 0.15) is 36.2 Å². The normalized spacial score (nSPS) is 11.6. The van der Waals surface area contributed by atoms with Gasteiger partial charge >= 0.3 is 5.97 Å². The fourth-order valence-corrected chi connectivity index (χ4v) is 3.50. The van der Waals surface area contributed by atoms with Crippen LogP contribution in [-0.2, 0) is 4.74 Å². The van der Waals surface area contributed by atoms with Crippen molar-refractivity contribution in [3.05, 3.63) is 52.3 Å². The minimum atomic E-state index is -1.23. The smallest absolute Gasteiger partial charge is 0.338 e. The summed E-state index contributed by atoms with van der Waals surface area (Å²) >= 11 is 3.54. The topological polar surface area (TPSA) is 56.2 Å². The number of nitrogens with one attached hydrogen (secondary N) is 1. The van der Waals surface area contributed by atoms with Crippen molar-refractivity contribution >= 4 is 38.6 Å². The number of nitrogens with zero attached hydrogens (tertiary/aromatic N) is 2. The third-order valence-corrected chi connectivity index (χ3v) is 5.00. The number of hydrogen-bond donors (Lipinski definition) is 1. The van der Waals surface area contributed by atoms with Crippen LogP contribution in [0.3, 0.4) is 0 Å². The summed E-state index contributed by atoms with van der Waals surface area (Å²) in [5.41, 5.74) is 3.57. The number of rotatable bonds is 6. The van der Waals surface area contributed by atoms with E-state index in [2.05, 4.69) is 26.2 Å². The first kappa shape index (κ1) is 20.3. The Kier molecular flexibility index (Phi) is 5.74. The Bertz CT molecular complexity index is 1020. The lowest BCUT2D eigenvalue weighted by atomic mass is 10.1. The molecule has 3 rings (SSSR count). The molecule has 148 valence electrons. The highest BCUT2D eigenvalue weighted by atomic mass is 79.9. The van der Waals surface area contributed by atoms with E-state index in [-0.39, 0.29) is 5.97 Å². The molecule has 1 N–H and O–H groups in total. The minimum absolute atomic E-state index is 0.357. The molecule has 0 aliphatic heterocycles. The molecule has 0 radical (unpaired) electrons. The van der Waals surface area contributed by atoms with Crippen molar-refractivity contribution in [3.8, 4) is 5.69 Å². The van der Waals surface area contributed by atoms with E-state index in [1.165, 1.54) is 7.11 Å². The molecule has 0 fully saturated rings. The maximum absolute atomic E-state index is 13.8. The van der Waals surface area contributed by atoms with Gasteiger partial charge in [0.2, 0.25) is 0 Å². The van der Waals surface area contributed by atoms with Crippen LogP contribution in [0.25, 0.3) is 16.7 Å². The first-order valence-electron chi connectivity index (χ1n) is 8.98. The molecule has 0 atom stereocenters. The zero-order chi connectivity index (χ0) is 20.5. The van der Waals surface area contributed by atoms with E-state index in [1.807, 2.05) is 35.8 Å². The molecular formula is C21H23BrFN3O2. The lowest BCUT2D eigenvalue weighted by Gasteiger charge is -2.15. The Morgan fingerprint density at radius 2 is 2.07 bits per heavy atom. The Morgan fingerprint density at radius 1 is 1.32 bits per heavy atom. The molecule has 0 spiro atoms. The lowest BCUT2D eigenvalue weighted by Crippen LogP contribution is -2.17. The zero-order valence-electron chi connectivity index (χ0n) is 16.3. The summed E-state index contributed by atoms with van der Waals surface area (Å²) in [6, 6.07) is 9.46. The number of fused-ring (bicyclic) bond motifs is 1. The van der Waals surface area contributed by atoms with Gasteiger partial charge in [-0.1, -0.05) is 15.9 Å². The molecule has 3 aromatic rings. The van der Waals surface area contributed by atoms with E-state index >= 15 is 0 Å². The molecule has 0 bridgehead atoms. The molecule has 0 unspecified atom stereocenters. The van der Waals surface area contributed by atoms with Crippen LogP contribution >= 0.6 is 15.9 Å². The number of methoxy groups -OCH3 is 1. The van der Waals surface area contributed by atoms with Crippen LogP contribution in [0.15, 0.2) is 41.1 Å². The molecule has 2 aromatic carbocycles. The van der Waals surface area contributed by atoms with Gasteiger partial charge in [0.25, 0.3) is 0 Å². The van der Waals surface area contributed by atoms with E-state index in [0.29, 0.717) is 18.5 Å². The van der Waals surface area contributed by atoms with Crippen molar-refractivity contribution in [3.63, 3.8) is 0 Å². The van der Waals surface area contributed by atoms with Gasteiger partial charge in [-0.2, -0.15) is 0 Å². The van der Waals surface area contributed by atoms with Crippen molar-refractivity contribution < 1.29 is 13.9 Å². The monoisotopic (exact) mass is 447 g/mol. The number of halogens is 2. The van der Waals surface area contributed by atoms with E-state index in [4.69, 9.17) is 4.74 Å². The Balaban J connectivity index is 1.98. The van der Waals surface area contributed by atoms with Crippen LogP contribution in [-0.4, -0.2) is 34.8 Å². The third kappa shape index (κ3) is 4.35. The van der Waals surface area contributed by atoms with Gasteiger partial charge in [-0.15, -0.1) is 0 Å². The highest BCUT2D eigenvalue weighted by Gasteiger charge is 2.16. The van der Waals surface area contributed by atoms with E-state index in [9.17, 15) is 9.18 Å². The number of esters is 1. The molecule has 0 aliphatic rings. The number of carbonyl (C=O) groups is 1. The fourth-order valence-electron chi connectivity index (χ4n) is 3.05. The summed E-state index contributed by atoms with van der Waals surface area (Å²) in [6.07, 6.45) is 2.14. The predicted octanol–water partition coefficient (Wildman–Crippen LogP) is 5.43. The maximum atomic E-state index is 13.8. The molecule has 0 saturated carbocycles. The maximum Gasteiger partial charge on any atom is 0.338 e. The van der Waals surface area contributed by atoms with Crippen molar-refractivity contribution in [2.45, 2.75) is 32.9 Å². The van der Waals surface area contributed by atoms with Gasteiger partial charge in [0, 0.05) is 16.7 Å². The predicted molar refractivity (Wildman–Crippen MR) is 113 cm³/mol. The average Bonchev–Trinajstić information content (AvgIpc) is 3.03. The van der Waals surface area contributed by atoms with Crippen molar-refractivity contribution in [1.29, 1.82) is 0 Å². The molecule has 5 nitrogen and oxygen atoms in total. The highest BCUT2D eigenvalue weighted by molar-refractivity contribution is 9.10. The quantitative estimate of drug-likeness (QED) is 0.511. The van der Waals surface area contributed by atoms with E-state index in [1.54, 1.807) is 26.2 Å². The SMILES string of the molecule is COC(=O)c1ccc(-n2cnc3c(NCCC(C)(C)F)cc(Br)cc32)cc1C. The molecule has 0 saturated heterocycles. The van der Waals surface area contributed by atoms with Crippen LogP contribution in [0.4, 0.5) is 10.1 Å². The van der Waals surface area contributed by atoms with Gasteiger partial charge < -0.3 is 10.1 Å². The summed E-state index contributed by atoms with van der Waals surface area (Å²) in [4.78, 5) is 16.4. The molecule has 0 amide bonds. The summed E-state index contributed by atoms with van der Waals surface area (Å²) < 4.78 is 21.4. The molecular weight excluding hydrogens is 425 g/mol. The van der Waals surface area contributed by atoms with Crippen molar-refractivity contribution in [2.24, 2.45) is 0 Å². The number of benzene rings is 2. The first-order chi connectivity index (χ1) is 13.2. The van der Waals surface area contributed by atoms with Gasteiger partial charge in [0.15, 0.2) is 0 Å². The average molecular weight is 448 g/mol. The van der Waals surface area contributed by atoms with Crippen LogP contribution in [0.2, 0.25) is 0 Å². The van der Waals surface area contributed by atoms with Gasteiger partial charge in [0.05, 0.1) is 23.9 Å². The fraction of sp³-hybridized carbons (Fsp3) is 0.333. The van der Waals surface area contributed by atoms with Gasteiger partial charge in [0.1, 0.15) is 17.5 Å². The van der Waals surface area contributed by atoms with Gasteiger partial charge in [-0.05, 0) is 63.1 Å². The number of ether oxygens (including phenoxy) is 1. The number of carbonyl (C=O) groups excluding carboxylic acids is 1. The second-order valence-electron chi connectivity index (χ2n) is 7.32. The number of aryl methyl sites for hydroxylation is 1. The standard InChI is InChI=1S/C21H23BrFN3O2/c1-13-9-15(5-6-16(13)20(27)28-4)26-12-25-19-17(10-14(22)11-18(19)26)24-8-7-21(2,3)23/h5-6,9-12,24H,7-8H2,1-4H3. The Morgan fingerprint density at radius 3 is 2.71 bits per heavy atom. The largest absolute Gasteiger partial charge is 0.465 e. The Hall–Kier alpha value is -2.41. The van der Waals surface area contributed by atoms with Crippen LogP contribution in [0.5, 0.6) is 0 Å². The number of alkyl halides is 1. The summed E-state index contributed by atoms with van der Waals surface area (Å²) in [5, 5.41) is 3.29. The molecule has 1 aromatic heterocycles. The van der Waals surface area contributed by atoms with Crippen LogP contribution < -0.4 is 5.32 Å². The second kappa shape index (κ2) is 7.91. The third-order valence-electron chi connectivity index (χ3n) is 4.54. The highest BCUT2D eigenvalue weighted by Crippen LogP contribution is 2.30. The van der Waals surface area contributed by atoms with E-state index in [0.717, 1.165) is 32.4 Å². The van der Waals surface area contributed by atoms with Crippen LogP contribution in [0, 0.1) is 6.92 Å². The lowest BCUT2D eigenvalue weighted by molar-refractivity contribution is 0.0600. The summed E-state index contributed by atoms with van der Waals surface area (Å²) in [5.74, 6) is -0.357. The first-order valence-corrected chi connectivity index (χ1v) is 9.77. The van der Waals surface area contributed by atoms with Crippen molar-refractivity contribution in [1.82, 2.24) is 9.55 Å². The van der Waals surface area contributed by atoms with Gasteiger partial charge in [-0.25, -0.2) is 14.2 Å². The summed E-state index contributed by atoms with van der Waals surface area (Å²) in [6.45, 7) is 5.52. The molecule has 0 aliphatic carbocycles. The summed E-state index contributed by atoms with van der Waals surface area (Å²) in [7, 11) is 1.37. The van der Waals surface area contributed by atoms with E-state index < -0.39 is 5.67 Å². The Labute approximate surface area is 172 Å². The minimum Gasteiger partial charge on any atom is -0.465 e.